The summed E-state index contributed by atoms with van der Waals surface area (Å²) < 4.78 is 10.6. The predicted octanol–water partition coefficient (Wildman–Crippen LogP) is 2.26. The first kappa shape index (κ1) is 18.9. The second-order valence-electron chi connectivity index (χ2n) is 7.55. The van der Waals surface area contributed by atoms with E-state index in [-0.39, 0.29) is 17.3 Å². The zero-order chi connectivity index (χ0) is 18.7. The van der Waals surface area contributed by atoms with Gasteiger partial charge in [0.25, 0.3) is 0 Å². The van der Waals surface area contributed by atoms with E-state index in [1.165, 1.54) is 26.4 Å². The summed E-state index contributed by atoms with van der Waals surface area (Å²) in [6.45, 7) is 3.80. The van der Waals surface area contributed by atoms with E-state index in [9.17, 15) is 4.79 Å². The van der Waals surface area contributed by atoms with Crippen LogP contribution in [0.15, 0.2) is 0 Å². The predicted molar refractivity (Wildman–Crippen MR) is 100 cm³/mol. The Bertz CT molecular complexity index is 666. The lowest BCUT2D eigenvalue weighted by molar-refractivity contribution is -0.140. The second kappa shape index (κ2) is 7.78. The molecular weight excluding hydrogens is 332 g/mol. The summed E-state index contributed by atoms with van der Waals surface area (Å²) in [5.74, 6) is 0.936. The number of methoxy groups -OCH3 is 2. The smallest absolute Gasteiger partial charge is 0.305 e. The van der Waals surface area contributed by atoms with Gasteiger partial charge in [0.1, 0.15) is 5.82 Å². The van der Waals surface area contributed by atoms with Crippen LogP contribution in [-0.4, -0.2) is 49.4 Å². The van der Waals surface area contributed by atoms with Crippen molar-refractivity contribution in [2.45, 2.75) is 58.0 Å². The van der Waals surface area contributed by atoms with Crippen LogP contribution in [0.1, 0.15) is 49.8 Å². The largest absolute Gasteiger partial charge is 0.469 e. The molecule has 1 aromatic heterocycles. The summed E-state index contributed by atoms with van der Waals surface area (Å²) in [5.41, 5.74) is 7.98. The molecule has 1 saturated carbocycles. The maximum atomic E-state index is 11.6. The first-order chi connectivity index (χ1) is 12.5. The number of nitrogen functional groups attached to an aromatic ring is 1. The van der Waals surface area contributed by atoms with Crippen LogP contribution in [0, 0.1) is 12.3 Å². The molecule has 0 aromatic carbocycles. The van der Waals surface area contributed by atoms with Crippen molar-refractivity contribution in [3.05, 3.63) is 11.3 Å². The maximum absolute atomic E-state index is 11.6. The Morgan fingerprint density at radius 2 is 2.08 bits per heavy atom. The second-order valence-corrected chi connectivity index (χ2v) is 7.55. The maximum Gasteiger partial charge on any atom is 0.305 e. The van der Waals surface area contributed by atoms with Crippen molar-refractivity contribution in [3.8, 4) is 0 Å². The third-order valence-corrected chi connectivity index (χ3v) is 6.03. The zero-order valence-corrected chi connectivity index (χ0v) is 16.1. The average Bonchev–Trinajstić information content (AvgIpc) is 3.01. The van der Waals surface area contributed by atoms with Gasteiger partial charge in [-0.05, 0) is 39.0 Å². The fraction of sp³-hybridized carbons (Fsp3) is 0.737. The molecule has 7 heteroatoms. The number of anilines is 2. The molecule has 0 radical (unpaired) electrons. The number of carbonyl (C=O) groups excluding carboxylic acids is 1. The van der Waals surface area contributed by atoms with Gasteiger partial charge in [-0.2, -0.15) is 4.98 Å². The number of ether oxygens (including phenoxy) is 2. The number of piperidine rings is 1. The molecule has 1 aromatic rings. The van der Waals surface area contributed by atoms with E-state index < -0.39 is 0 Å². The highest BCUT2D eigenvalue weighted by Gasteiger charge is 2.46. The van der Waals surface area contributed by atoms with Crippen LogP contribution in [0.2, 0.25) is 0 Å². The topological polar surface area (TPSA) is 90.6 Å². The van der Waals surface area contributed by atoms with Crippen molar-refractivity contribution >= 4 is 17.7 Å². The Balaban J connectivity index is 1.88. The minimum atomic E-state index is -0.225. The number of nitrogens with two attached hydrogens (primary N) is 1. The molecule has 2 aliphatic rings. The number of hydrogen-bond donors (Lipinski definition) is 1. The standard InChI is InChI=1S/C19H30N4O3/c1-13-14(7-8-16(24)26-3)17(22-18(20)21-13)23-11-5-10-19(12-23)9-4-6-15(19)25-2/h15H,4-12H2,1-3H3,(H2,20,21,22)/t15-,19+/m1/s1. The van der Waals surface area contributed by atoms with Crippen molar-refractivity contribution in [3.63, 3.8) is 0 Å². The number of hydrogen-bond acceptors (Lipinski definition) is 7. The number of nitrogens with zero attached hydrogens (tertiary/aromatic N) is 3. The van der Waals surface area contributed by atoms with E-state index in [4.69, 9.17) is 15.2 Å². The molecular formula is C19H30N4O3. The van der Waals surface area contributed by atoms with Crippen molar-refractivity contribution in [2.24, 2.45) is 5.41 Å². The minimum Gasteiger partial charge on any atom is -0.469 e. The lowest BCUT2D eigenvalue weighted by Gasteiger charge is -2.44. The van der Waals surface area contributed by atoms with Crippen molar-refractivity contribution < 1.29 is 14.3 Å². The van der Waals surface area contributed by atoms with Gasteiger partial charge in [-0.25, -0.2) is 4.98 Å². The molecule has 2 atom stereocenters. The first-order valence-corrected chi connectivity index (χ1v) is 9.46. The van der Waals surface area contributed by atoms with E-state index >= 15 is 0 Å². The number of carbonyl (C=O) groups is 1. The molecule has 1 saturated heterocycles. The molecule has 7 nitrogen and oxygen atoms in total. The molecule has 26 heavy (non-hydrogen) atoms. The zero-order valence-electron chi connectivity index (χ0n) is 16.1. The van der Waals surface area contributed by atoms with Crippen molar-refractivity contribution in [1.82, 2.24) is 9.97 Å². The Morgan fingerprint density at radius 3 is 2.81 bits per heavy atom. The van der Waals surface area contributed by atoms with Gasteiger partial charge in [0.2, 0.25) is 5.95 Å². The van der Waals surface area contributed by atoms with Gasteiger partial charge in [0.05, 0.1) is 13.2 Å². The Morgan fingerprint density at radius 1 is 1.31 bits per heavy atom. The fourth-order valence-electron chi connectivity index (χ4n) is 4.77. The van der Waals surface area contributed by atoms with Gasteiger partial charge < -0.3 is 20.1 Å². The SMILES string of the molecule is COC(=O)CCc1c(C)nc(N)nc1N1CCC[C@@]2(CCC[C@H]2OC)C1. The first-order valence-electron chi connectivity index (χ1n) is 9.46. The van der Waals surface area contributed by atoms with E-state index in [0.29, 0.717) is 18.9 Å². The van der Waals surface area contributed by atoms with E-state index in [1.54, 1.807) is 0 Å². The molecule has 2 heterocycles. The van der Waals surface area contributed by atoms with Crippen LogP contribution >= 0.6 is 0 Å². The van der Waals surface area contributed by atoms with Crippen LogP contribution in [-0.2, 0) is 20.7 Å². The molecule has 2 N–H and O–H groups in total. The van der Waals surface area contributed by atoms with Gasteiger partial charge in [-0.15, -0.1) is 0 Å². The quantitative estimate of drug-likeness (QED) is 0.803. The van der Waals surface area contributed by atoms with Crippen molar-refractivity contribution in [1.29, 1.82) is 0 Å². The molecule has 0 bridgehead atoms. The number of rotatable bonds is 5. The lowest BCUT2D eigenvalue weighted by atomic mass is 9.76. The van der Waals surface area contributed by atoms with Crippen LogP contribution < -0.4 is 10.6 Å². The number of aromatic nitrogens is 2. The molecule has 1 aliphatic heterocycles. The summed E-state index contributed by atoms with van der Waals surface area (Å²) >= 11 is 0. The Kier molecular flexibility index (Phi) is 5.65. The van der Waals surface area contributed by atoms with E-state index in [0.717, 1.165) is 43.0 Å². The molecule has 3 rings (SSSR count). The van der Waals surface area contributed by atoms with Crippen LogP contribution in [0.5, 0.6) is 0 Å². The third kappa shape index (κ3) is 3.63. The summed E-state index contributed by atoms with van der Waals surface area (Å²) in [5, 5.41) is 0. The summed E-state index contributed by atoms with van der Waals surface area (Å²) in [6, 6.07) is 0. The molecule has 2 fully saturated rings. The van der Waals surface area contributed by atoms with Crippen molar-refractivity contribution in [2.75, 3.05) is 37.9 Å². The fourth-order valence-corrected chi connectivity index (χ4v) is 4.77. The summed E-state index contributed by atoms with van der Waals surface area (Å²) in [7, 11) is 3.24. The normalized spacial score (nSPS) is 25.7. The van der Waals surface area contributed by atoms with Crippen LogP contribution in [0.4, 0.5) is 11.8 Å². The Hall–Kier alpha value is -1.89. The number of esters is 1. The van der Waals surface area contributed by atoms with E-state index in [1.807, 2.05) is 14.0 Å². The van der Waals surface area contributed by atoms with Crippen LogP contribution in [0.3, 0.4) is 0 Å². The average molecular weight is 362 g/mol. The van der Waals surface area contributed by atoms with Gasteiger partial charge in [-0.1, -0.05) is 6.42 Å². The summed E-state index contributed by atoms with van der Waals surface area (Å²) in [4.78, 5) is 22.8. The van der Waals surface area contributed by atoms with Gasteiger partial charge in [0, 0.05) is 43.3 Å². The van der Waals surface area contributed by atoms with Gasteiger partial charge in [-0.3, -0.25) is 4.79 Å². The highest BCUT2D eigenvalue weighted by atomic mass is 16.5. The third-order valence-electron chi connectivity index (χ3n) is 6.03. The highest BCUT2D eigenvalue weighted by Crippen LogP contribution is 2.47. The molecule has 0 unspecified atom stereocenters. The lowest BCUT2D eigenvalue weighted by Crippen LogP contribution is -2.48. The van der Waals surface area contributed by atoms with Gasteiger partial charge >= 0.3 is 5.97 Å². The summed E-state index contributed by atoms with van der Waals surface area (Å²) in [6.07, 6.45) is 7.03. The molecule has 0 amide bonds. The van der Waals surface area contributed by atoms with E-state index in [2.05, 4.69) is 14.9 Å². The molecule has 1 spiro atoms. The Labute approximate surface area is 155 Å². The highest BCUT2D eigenvalue weighted by molar-refractivity contribution is 5.70. The molecule has 1 aliphatic carbocycles. The monoisotopic (exact) mass is 362 g/mol. The number of aryl methyl sites for hydroxylation is 1. The minimum absolute atomic E-state index is 0.195. The molecule has 144 valence electrons. The van der Waals surface area contributed by atoms with Crippen LogP contribution in [0.25, 0.3) is 0 Å². The van der Waals surface area contributed by atoms with Gasteiger partial charge in [0.15, 0.2) is 0 Å².